The highest BCUT2D eigenvalue weighted by Crippen LogP contribution is 2.44. The summed E-state index contributed by atoms with van der Waals surface area (Å²) in [6.07, 6.45) is 0.371. The third-order valence-corrected chi connectivity index (χ3v) is 3.65. The molecule has 2 fully saturated rings. The maximum Gasteiger partial charge on any atom is 0.410 e. The quantitative estimate of drug-likeness (QED) is 0.744. The minimum absolute atomic E-state index is 0.0754. The van der Waals surface area contributed by atoms with Gasteiger partial charge in [-0.25, -0.2) is 4.79 Å². The van der Waals surface area contributed by atoms with Gasteiger partial charge in [0.25, 0.3) is 0 Å². The molecule has 2 unspecified atom stereocenters. The zero-order chi connectivity index (χ0) is 15.6. The van der Waals surface area contributed by atoms with E-state index in [1.165, 1.54) is 0 Å². The van der Waals surface area contributed by atoms with Gasteiger partial charge in [0.15, 0.2) is 0 Å². The Morgan fingerprint density at radius 1 is 1.33 bits per heavy atom. The van der Waals surface area contributed by atoms with Crippen molar-refractivity contribution in [2.45, 2.75) is 45.8 Å². The minimum Gasteiger partial charge on any atom is -0.466 e. The van der Waals surface area contributed by atoms with Gasteiger partial charge in [-0.2, -0.15) is 0 Å². The average Bonchev–Trinajstić information content (AvgIpc) is 3.17. The molecule has 0 aromatic rings. The molecule has 1 saturated heterocycles. The largest absolute Gasteiger partial charge is 0.466 e. The number of carbonyl (C=O) groups is 2. The van der Waals surface area contributed by atoms with Crippen LogP contribution in [0.3, 0.4) is 0 Å². The Labute approximate surface area is 125 Å². The second-order valence-corrected chi connectivity index (χ2v) is 6.59. The van der Waals surface area contributed by atoms with Gasteiger partial charge in [-0.3, -0.25) is 4.79 Å². The van der Waals surface area contributed by atoms with Crippen LogP contribution >= 0.6 is 0 Å². The summed E-state index contributed by atoms with van der Waals surface area (Å²) in [4.78, 5) is 25.4. The summed E-state index contributed by atoms with van der Waals surface area (Å²) in [6.45, 7) is 9.24. The Bertz CT molecular complexity index is 403. The Kier molecular flexibility index (Phi) is 4.76. The van der Waals surface area contributed by atoms with Crippen LogP contribution in [0, 0.1) is 11.8 Å². The molecular weight excluding hydrogens is 274 g/mol. The van der Waals surface area contributed by atoms with Gasteiger partial charge in [-0.05, 0) is 34.1 Å². The number of morpholine rings is 1. The van der Waals surface area contributed by atoms with Gasteiger partial charge in [-0.1, -0.05) is 0 Å². The molecule has 6 nitrogen and oxygen atoms in total. The summed E-state index contributed by atoms with van der Waals surface area (Å²) in [6, 6.07) is 0. The van der Waals surface area contributed by atoms with Crippen LogP contribution < -0.4 is 0 Å². The Balaban J connectivity index is 1.85. The van der Waals surface area contributed by atoms with Crippen molar-refractivity contribution >= 4 is 12.1 Å². The summed E-state index contributed by atoms with van der Waals surface area (Å²) < 4.78 is 16.1. The lowest BCUT2D eigenvalue weighted by Crippen LogP contribution is -2.48. The summed E-state index contributed by atoms with van der Waals surface area (Å²) in [5.74, 6) is -0.0664. The predicted octanol–water partition coefficient (Wildman–Crippen LogP) is 1.82. The lowest BCUT2D eigenvalue weighted by atomic mass is 10.1. The van der Waals surface area contributed by atoms with E-state index < -0.39 is 5.60 Å². The average molecular weight is 299 g/mol. The summed E-state index contributed by atoms with van der Waals surface area (Å²) in [5, 5.41) is 0. The molecule has 0 bridgehead atoms. The first-order valence-electron chi connectivity index (χ1n) is 7.58. The molecule has 1 aliphatic carbocycles. The second kappa shape index (κ2) is 6.22. The van der Waals surface area contributed by atoms with Gasteiger partial charge in [0, 0.05) is 12.5 Å². The number of nitrogens with zero attached hydrogens (tertiary/aromatic N) is 1. The second-order valence-electron chi connectivity index (χ2n) is 6.59. The zero-order valence-corrected chi connectivity index (χ0v) is 13.3. The van der Waals surface area contributed by atoms with Crippen LogP contribution in [0.15, 0.2) is 0 Å². The Morgan fingerprint density at radius 2 is 2.05 bits per heavy atom. The monoisotopic (exact) mass is 299 g/mol. The van der Waals surface area contributed by atoms with E-state index in [-0.39, 0.29) is 30.0 Å². The number of ether oxygens (including phenoxy) is 3. The van der Waals surface area contributed by atoms with Crippen LogP contribution in [-0.4, -0.2) is 55.0 Å². The molecule has 2 aliphatic rings. The first kappa shape index (κ1) is 16.1. The number of hydrogen-bond donors (Lipinski definition) is 0. The molecule has 21 heavy (non-hydrogen) atoms. The predicted molar refractivity (Wildman–Crippen MR) is 75.8 cm³/mol. The van der Waals surface area contributed by atoms with Crippen LogP contribution in [0.5, 0.6) is 0 Å². The van der Waals surface area contributed by atoms with Gasteiger partial charge in [0.1, 0.15) is 5.60 Å². The molecule has 1 amide bonds. The van der Waals surface area contributed by atoms with E-state index in [1.807, 2.05) is 20.8 Å². The normalized spacial score (nSPS) is 29.0. The van der Waals surface area contributed by atoms with Crippen molar-refractivity contribution in [1.82, 2.24) is 4.90 Å². The molecule has 1 saturated carbocycles. The van der Waals surface area contributed by atoms with Crippen molar-refractivity contribution in [2.24, 2.45) is 11.8 Å². The summed E-state index contributed by atoms with van der Waals surface area (Å²) >= 11 is 0. The third-order valence-electron chi connectivity index (χ3n) is 3.65. The van der Waals surface area contributed by atoms with Crippen LogP contribution in [0.1, 0.15) is 34.1 Å². The van der Waals surface area contributed by atoms with E-state index in [0.717, 1.165) is 6.42 Å². The number of carbonyl (C=O) groups excluding carboxylic acids is 2. The lowest BCUT2D eigenvalue weighted by molar-refractivity contribution is -0.145. The highest BCUT2D eigenvalue weighted by atomic mass is 16.6. The lowest BCUT2D eigenvalue weighted by Gasteiger charge is -2.34. The highest BCUT2D eigenvalue weighted by molar-refractivity contribution is 5.76. The Morgan fingerprint density at radius 3 is 2.67 bits per heavy atom. The van der Waals surface area contributed by atoms with Gasteiger partial charge in [-0.15, -0.1) is 0 Å². The highest BCUT2D eigenvalue weighted by Gasteiger charge is 2.50. The fraction of sp³-hybridized carbons (Fsp3) is 0.867. The van der Waals surface area contributed by atoms with Crippen LogP contribution in [0.2, 0.25) is 0 Å². The fourth-order valence-corrected chi connectivity index (χ4v) is 2.57. The van der Waals surface area contributed by atoms with E-state index in [2.05, 4.69) is 0 Å². The third kappa shape index (κ3) is 4.33. The molecule has 0 radical (unpaired) electrons. The van der Waals surface area contributed by atoms with Crippen LogP contribution in [0.25, 0.3) is 0 Å². The molecule has 2 rings (SSSR count). The van der Waals surface area contributed by atoms with Crippen molar-refractivity contribution in [2.75, 3.05) is 26.3 Å². The molecule has 6 heteroatoms. The van der Waals surface area contributed by atoms with E-state index in [0.29, 0.717) is 26.3 Å². The van der Waals surface area contributed by atoms with Crippen LogP contribution in [-0.2, 0) is 19.0 Å². The van der Waals surface area contributed by atoms with Gasteiger partial charge in [0.2, 0.25) is 0 Å². The van der Waals surface area contributed by atoms with Gasteiger partial charge < -0.3 is 19.1 Å². The SMILES string of the molecule is CCOC(=O)C1CC1[C@@H]1CN(C(=O)OC(C)(C)C)CCO1. The first-order chi connectivity index (χ1) is 9.81. The molecular formula is C15H25NO5. The van der Waals surface area contributed by atoms with Crippen molar-refractivity contribution in [3.63, 3.8) is 0 Å². The molecule has 0 spiro atoms. The molecule has 1 heterocycles. The van der Waals surface area contributed by atoms with Crippen molar-refractivity contribution in [1.29, 1.82) is 0 Å². The first-order valence-corrected chi connectivity index (χ1v) is 7.58. The van der Waals surface area contributed by atoms with E-state index in [9.17, 15) is 9.59 Å². The summed E-state index contributed by atoms with van der Waals surface area (Å²) in [7, 11) is 0. The Hall–Kier alpha value is -1.30. The number of hydrogen-bond acceptors (Lipinski definition) is 5. The van der Waals surface area contributed by atoms with E-state index >= 15 is 0 Å². The van der Waals surface area contributed by atoms with Crippen molar-refractivity contribution in [3.8, 4) is 0 Å². The van der Waals surface area contributed by atoms with E-state index in [1.54, 1.807) is 11.8 Å². The fourth-order valence-electron chi connectivity index (χ4n) is 2.57. The smallest absolute Gasteiger partial charge is 0.410 e. The zero-order valence-electron chi connectivity index (χ0n) is 13.3. The minimum atomic E-state index is -0.502. The van der Waals surface area contributed by atoms with Gasteiger partial charge in [0.05, 0.1) is 31.8 Å². The van der Waals surface area contributed by atoms with E-state index in [4.69, 9.17) is 14.2 Å². The topological polar surface area (TPSA) is 65.1 Å². The maximum atomic E-state index is 12.1. The number of esters is 1. The molecule has 0 aromatic carbocycles. The van der Waals surface area contributed by atoms with Crippen molar-refractivity contribution < 1.29 is 23.8 Å². The molecule has 3 atom stereocenters. The number of rotatable bonds is 3. The van der Waals surface area contributed by atoms with Crippen molar-refractivity contribution in [3.05, 3.63) is 0 Å². The molecule has 120 valence electrons. The summed E-state index contributed by atoms with van der Waals surface area (Å²) in [5.41, 5.74) is -0.502. The molecule has 0 aromatic heterocycles. The number of amides is 1. The maximum absolute atomic E-state index is 12.1. The van der Waals surface area contributed by atoms with Gasteiger partial charge >= 0.3 is 12.1 Å². The standard InChI is InChI=1S/C15H25NO5/c1-5-19-13(17)11-8-10(11)12-9-16(6-7-20-12)14(18)21-15(2,3)4/h10-12H,5-9H2,1-4H3/t10?,11?,12-/m0/s1. The van der Waals surface area contributed by atoms with Crippen LogP contribution in [0.4, 0.5) is 4.79 Å². The molecule has 0 N–H and O–H groups in total. The molecule has 1 aliphatic heterocycles.